The lowest BCUT2D eigenvalue weighted by Gasteiger charge is -2.03. The van der Waals surface area contributed by atoms with Crippen molar-refractivity contribution in [3.05, 3.63) is 15.8 Å². The number of aryl methyl sites for hydroxylation is 1. The highest BCUT2D eigenvalue weighted by atomic mass is 32.1. The standard InChI is InChI=1S/C9H14O3S/c1-4-8-9(10-2)7(6-13-8)5-12-11-3/h6H,4-5H2,1-3H3. The molecule has 0 radical (unpaired) electrons. The molecule has 1 rings (SSSR count). The van der Waals surface area contributed by atoms with Crippen molar-refractivity contribution < 1.29 is 14.5 Å². The van der Waals surface area contributed by atoms with Crippen molar-refractivity contribution >= 4 is 11.3 Å². The van der Waals surface area contributed by atoms with Crippen LogP contribution in [0.5, 0.6) is 5.75 Å². The Morgan fingerprint density at radius 2 is 2.15 bits per heavy atom. The van der Waals surface area contributed by atoms with Crippen molar-refractivity contribution in [2.75, 3.05) is 14.2 Å². The van der Waals surface area contributed by atoms with Crippen LogP contribution in [0.2, 0.25) is 0 Å². The summed E-state index contributed by atoms with van der Waals surface area (Å²) in [4.78, 5) is 10.6. The van der Waals surface area contributed by atoms with Gasteiger partial charge in [0, 0.05) is 15.8 Å². The Bertz CT molecular complexity index is 257. The summed E-state index contributed by atoms with van der Waals surface area (Å²) in [6, 6.07) is 0. The Labute approximate surface area is 82.2 Å². The quantitative estimate of drug-likeness (QED) is 0.542. The zero-order chi connectivity index (χ0) is 9.68. The molecular formula is C9H14O3S. The highest BCUT2D eigenvalue weighted by Gasteiger charge is 2.10. The Hall–Kier alpha value is -0.580. The van der Waals surface area contributed by atoms with E-state index in [-0.39, 0.29) is 0 Å². The van der Waals surface area contributed by atoms with Gasteiger partial charge in [0.15, 0.2) is 0 Å². The number of rotatable bonds is 5. The lowest BCUT2D eigenvalue weighted by molar-refractivity contribution is -0.282. The number of hydrogen-bond acceptors (Lipinski definition) is 4. The van der Waals surface area contributed by atoms with Crippen LogP contribution in [0.25, 0.3) is 0 Å². The molecule has 0 aliphatic heterocycles. The van der Waals surface area contributed by atoms with Crippen LogP contribution in [-0.2, 0) is 22.8 Å². The molecule has 1 heterocycles. The number of hydrogen-bond donors (Lipinski definition) is 0. The first-order chi connectivity index (χ1) is 6.33. The van der Waals surface area contributed by atoms with Crippen molar-refractivity contribution in [3.63, 3.8) is 0 Å². The summed E-state index contributed by atoms with van der Waals surface area (Å²) in [6.45, 7) is 2.55. The number of ether oxygens (including phenoxy) is 1. The maximum atomic E-state index is 5.28. The van der Waals surface area contributed by atoms with E-state index in [4.69, 9.17) is 9.62 Å². The predicted octanol–water partition coefficient (Wildman–Crippen LogP) is 2.40. The third-order valence-electron chi connectivity index (χ3n) is 1.75. The molecule has 0 fully saturated rings. The second-order valence-electron chi connectivity index (χ2n) is 2.50. The molecule has 4 heteroatoms. The van der Waals surface area contributed by atoms with E-state index in [0.29, 0.717) is 6.61 Å². The van der Waals surface area contributed by atoms with Crippen LogP contribution in [0.15, 0.2) is 5.38 Å². The first kappa shape index (κ1) is 10.5. The number of methoxy groups -OCH3 is 1. The summed E-state index contributed by atoms with van der Waals surface area (Å²) >= 11 is 1.69. The van der Waals surface area contributed by atoms with Gasteiger partial charge in [-0.1, -0.05) is 6.92 Å². The van der Waals surface area contributed by atoms with Gasteiger partial charge in [0.1, 0.15) is 12.4 Å². The zero-order valence-corrected chi connectivity index (χ0v) is 8.94. The van der Waals surface area contributed by atoms with E-state index >= 15 is 0 Å². The third kappa shape index (κ3) is 2.43. The van der Waals surface area contributed by atoms with Crippen LogP contribution in [0.4, 0.5) is 0 Å². The van der Waals surface area contributed by atoms with Crippen LogP contribution in [0, 0.1) is 0 Å². The molecule has 0 amide bonds. The largest absolute Gasteiger partial charge is 0.495 e. The molecular weight excluding hydrogens is 188 g/mol. The topological polar surface area (TPSA) is 27.7 Å². The van der Waals surface area contributed by atoms with Gasteiger partial charge >= 0.3 is 0 Å². The van der Waals surface area contributed by atoms with Crippen molar-refractivity contribution in [3.8, 4) is 5.75 Å². The highest BCUT2D eigenvalue weighted by Crippen LogP contribution is 2.31. The smallest absolute Gasteiger partial charge is 0.138 e. The molecule has 1 aromatic heterocycles. The van der Waals surface area contributed by atoms with Crippen molar-refractivity contribution in [2.24, 2.45) is 0 Å². The Balaban J connectivity index is 2.75. The molecule has 0 aliphatic carbocycles. The SMILES string of the molecule is CCc1scc(COOC)c1OC. The minimum Gasteiger partial charge on any atom is -0.495 e. The van der Waals surface area contributed by atoms with E-state index in [2.05, 4.69) is 11.8 Å². The molecule has 0 unspecified atom stereocenters. The summed E-state index contributed by atoms with van der Waals surface area (Å²) < 4.78 is 5.28. The molecule has 0 bridgehead atoms. The molecule has 3 nitrogen and oxygen atoms in total. The monoisotopic (exact) mass is 202 g/mol. The first-order valence-electron chi connectivity index (χ1n) is 4.12. The van der Waals surface area contributed by atoms with Gasteiger partial charge in [-0.2, -0.15) is 0 Å². The van der Waals surface area contributed by atoms with Gasteiger partial charge in [0.2, 0.25) is 0 Å². The molecule has 74 valence electrons. The van der Waals surface area contributed by atoms with Gasteiger partial charge in [-0.05, 0) is 6.42 Å². The highest BCUT2D eigenvalue weighted by molar-refractivity contribution is 7.10. The second-order valence-corrected chi connectivity index (χ2v) is 3.46. The molecule has 0 saturated carbocycles. The Morgan fingerprint density at radius 3 is 2.69 bits per heavy atom. The minimum atomic E-state index is 0.441. The zero-order valence-electron chi connectivity index (χ0n) is 8.12. The summed E-state index contributed by atoms with van der Waals surface area (Å²) in [5.41, 5.74) is 1.05. The summed E-state index contributed by atoms with van der Waals surface area (Å²) in [6.07, 6.45) is 0.987. The van der Waals surface area contributed by atoms with Crippen molar-refractivity contribution in [1.82, 2.24) is 0 Å². The molecule has 0 atom stereocenters. The second kappa shape index (κ2) is 5.21. The summed E-state index contributed by atoms with van der Waals surface area (Å²) in [5.74, 6) is 0.935. The fourth-order valence-corrected chi connectivity index (χ4v) is 2.09. The molecule has 0 N–H and O–H groups in total. The predicted molar refractivity (Wildman–Crippen MR) is 52.0 cm³/mol. The summed E-state index contributed by atoms with van der Waals surface area (Å²) in [5, 5.41) is 2.04. The third-order valence-corrected chi connectivity index (χ3v) is 2.91. The van der Waals surface area contributed by atoms with Crippen molar-refractivity contribution in [2.45, 2.75) is 20.0 Å². The molecule has 0 aliphatic rings. The van der Waals surface area contributed by atoms with Gasteiger partial charge in [0.05, 0.1) is 14.2 Å². The van der Waals surface area contributed by atoms with E-state index in [0.717, 1.165) is 17.7 Å². The minimum absolute atomic E-state index is 0.441. The fraction of sp³-hybridized carbons (Fsp3) is 0.556. The molecule has 0 aromatic carbocycles. The maximum Gasteiger partial charge on any atom is 0.138 e. The molecule has 1 aromatic rings. The first-order valence-corrected chi connectivity index (χ1v) is 5.00. The molecule has 0 spiro atoms. The van der Waals surface area contributed by atoms with E-state index in [1.807, 2.05) is 5.38 Å². The van der Waals surface area contributed by atoms with Gasteiger partial charge in [-0.15, -0.1) is 11.3 Å². The van der Waals surface area contributed by atoms with Gasteiger partial charge in [0.25, 0.3) is 0 Å². The maximum absolute atomic E-state index is 5.28. The van der Waals surface area contributed by atoms with Gasteiger partial charge in [-0.25, -0.2) is 9.78 Å². The van der Waals surface area contributed by atoms with Crippen LogP contribution in [0.1, 0.15) is 17.4 Å². The lowest BCUT2D eigenvalue weighted by Crippen LogP contribution is -1.94. The van der Waals surface area contributed by atoms with E-state index in [1.54, 1.807) is 18.4 Å². The molecule has 0 saturated heterocycles. The molecule has 13 heavy (non-hydrogen) atoms. The Kier molecular flexibility index (Phi) is 4.21. The lowest BCUT2D eigenvalue weighted by atomic mass is 10.2. The normalized spacial score (nSPS) is 10.4. The number of thiophene rings is 1. The van der Waals surface area contributed by atoms with E-state index in [1.165, 1.54) is 12.0 Å². The van der Waals surface area contributed by atoms with Gasteiger partial charge < -0.3 is 4.74 Å². The Morgan fingerprint density at radius 1 is 1.38 bits per heavy atom. The van der Waals surface area contributed by atoms with Crippen molar-refractivity contribution in [1.29, 1.82) is 0 Å². The average Bonchev–Trinajstić information content (AvgIpc) is 2.56. The van der Waals surface area contributed by atoms with Crippen LogP contribution in [-0.4, -0.2) is 14.2 Å². The van der Waals surface area contributed by atoms with Crippen LogP contribution >= 0.6 is 11.3 Å². The van der Waals surface area contributed by atoms with Crippen LogP contribution in [0.3, 0.4) is 0 Å². The van der Waals surface area contributed by atoms with E-state index in [9.17, 15) is 0 Å². The van der Waals surface area contributed by atoms with Crippen LogP contribution < -0.4 is 4.74 Å². The average molecular weight is 202 g/mol. The summed E-state index contributed by atoms with van der Waals surface area (Å²) in [7, 11) is 3.18. The van der Waals surface area contributed by atoms with Gasteiger partial charge in [-0.3, -0.25) is 0 Å². The van der Waals surface area contributed by atoms with E-state index < -0.39 is 0 Å². The fourth-order valence-electron chi connectivity index (χ4n) is 1.14.